The molecule has 3 unspecified atom stereocenters. The molecule has 2 saturated carbocycles. The third-order valence-corrected chi connectivity index (χ3v) is 6.01. The molecule has 1 aromatic carbocycles. The SMILES string of the molecule is CC12CCC(C1)C(C)(C)C2NCc1cc(Cl)ccc1F. The van der Waals surface area contributed by atoms with E-state index in [0.717, 1.165) is 5.92 Å². The van der Waals surface area contributed by atoms with Gasteiger partial charge < -0.3 is 5.32 Å². The molecule has 0 spiro atoms. The van der Waals surface area contributed by atoms with E-state index in [1.165, 1.54) is 25.3 Å². The van der Waals surface area contributed by atoms with Crippen molar-refractivity contribution in [1.29, 1.82) is 0 Å². The van der Waals surface area contributed by atoms with Crippen LogP contribution in [0.3, 0.4) is 0 Å². The average Bonchev–Trinajstić information content (AvgIpc) is 2.84. The standard InChI is InChI=1S/C17H23ClFN/c1-16(2)12-6-7-17(3,9-12)15(16)20-10-11-8-13(18)4-5-14(11)19/h4-5,8,12,15,20H,6-7,9-10H2,1-3H3. The molecule has 3 heteroatoms. The summed E-state index contributed by atoms with van der Waals surface area (Å²) in [5.41, 5.74) is 1.32. The van der Waals surface area contributed by atoms with E-state index in [-0.39, 0.29) is 5.82 Å². The van der Waals surface area contributed by atoms with Crippen molar-refractivity contribution in [1.82, 2.24) is 5.32 Å². The van der Waals surface area contributed by atoms with Crippen LogP contribution >= 0.6 is 11.6 Å². The Kier molecular flexibility index (Phi) is 3.38. The Morgan fingerprint density at radius 2 is 2.10 bits per heavy atom. The maximum Gasteiger partial charge on any atom is 0.127 e. The van der Waals surface area contributed by atoms with Crippen molar-refractivity contribution in [2.45, 2.75) is 52.6 Å². The van der Waals surface area contributed by atoms with Gasteiger partial charge in [-0.05, 0) is 54.2 Å². The highest BCUT2D eigenvalue weighted by Crippen LogP contribution is 2.62. The molecular formula is C17H23ClFN. The van der Waals surface area contributed by atoms with E-state index in [4.69, 9.17) is 11.6 Å². The quantitative estimate of drug-likeness (QED) is 0.846. The van der Waals surface area contributed by atoms with Crippen LogP contribution in [-0.2, 0) is 6.54 Å². The van der Waals surface area contributed by atoms with Crippen LogP contribution < -0.4 is 5.32 Å². The molecule has 0 saturated heterocycles. The summed E-state index contributed by atoms with van der Waals surface area (Å²) in [4.78, 5) is 0. The fourth-order valence-corrected chi connectivity index (χ4v) is 4.90. The molecule has 0 radical (unpaired) electrons. The van der Waals surface area contributed by atoms with Gasteiger partial charge in [0.1, 0.15) is 5.82 Å². The molecule has 2 fully saturated rings. The molecule has 3 rings (SSSR count). The Morgan fingerprint density at radius 1 is 1.35 bits per heavy atom. The zero-order valence-corrected chi connectivity index (χ0v) is 13.2. The first kappa shape index (κ1) is 14.3. The van der Waals surface area contributed by atoms with Gasteiger partial charge in [-0.25, -0.2) is 4.39 Å². The fourth-order valence-electron chi connectivity index (χ4n) is 4.70. The Balaban J connectivity index is 1.77. The van der Waals surface area contributed by atoms with E-state index in [9.17, 15) is 4.39 Å². The highest BCUT2D eigenvalue weighted by molar-refractivity contribution is 6.30. The number of halogens is 2. The summed E-state index contributed by atoms with van der Waals surface area (Å²) in [6.07, 6.45) is 3.93. The normalized spacial score (nSPS) is 34.6. The summed E-state index contributed by atoms with van der Waals surface area (Å²) in [5, 5.41) is 4.23. The number of fused-ring (bicyclic) bond motifs is 2. The van der Waals surface area contributed by atoms with Gasteiger partial charge in [-0.15, -0.1) is 0 Å². The second kappa shape index (κ2) is 4.71. The molecule has 20 heavy (non-hydrogen) atoms. The lowest BCUT2D eigenvalue weighted by molar-refractivity contribution is 0.107. The average molecular weight is 296 g/mol. The second-order valence-electron chi connectivity index (χ2n) is 7.46. The van der Waals surface area contributed by atoms with Crippen LogP contribution in [0.4, 0.5) is 4.39 Å². The molecule has 0 amide bonds. The molecule has 3 atom stereocenters. The fraction of sp³-hybridized carbons (Fsp3) is 0.647. The van der Waals surface area contributed by atoms with E-state index >= 15 is 0 Å². The lowest BCUT2D eigenvalue weighted by Gasteiger charge is -2.43. The Morgan fingerprint density at radius 3 is 2.75 bits per heavy atom. The van der Waals surface area contributed by atoms with Gasteiger partial charge in [0.15, 0.2) is 0 Å². The van der Waals surface area contributed by atoms with E-state index < -0.39 is 0 Å². The van der Waals surface area contributed by atoms with Gasteiger partial charge in [-0.3, -0.25) is 0 Å². The molecule has 2 aliphatic carbocycles. The number of rotatable bonds is 3. The first-order chi connectivity index (χ1) is 9.33. The highest BCUT2D eigenvalue weighted by atomic mass is 35.5. The zero-order valence-electron chi connectivity index (χ0n) is 12.5. The van der Waals surface area contributed by atoms with Crippen molar-refractivity contribution in [3.8, 4) is 0 Å². The monoisotopic (exact) mass is 295 g/mol. The first-order valence-corrected chi connectivity index (χ1v) is 7.88. The number of hydrogen-bond acceptors (Lipinski definition) is 1. The summed E-state index contributed by atoms with van der Waals surface area (Å²) < 4.78 is 13.8. The summed E-state index contributed by atoms with van der Waals surface area (Å²) in [6, 6.07) is 5.23. The third kappa shape index (κ3) is 2.17. The molecular weight excluding hydrogens is 273 g/mol. The van der Waals surface area contributed by atoms with Gasteiger partial charge >= 0.3 is 0 Å². The van der Waals surface area contributed by atoms with Crippen molar-refractivity contribution in [2.75, 3.05) is 0 Å². The van der Waals surface area contributed by atoms with E-state index in [2.05, 4.69) is 26.1 Å². The van der Waals surface area contributed by atoms with Gasteiger partial charge in [0.25, 0.3) is 0 Å². The predicted octanol–water partition coefficient (Wildman–Crippen LogP) is 4.78. The largest absolute Gasteiger partial charge is 0.309 e. The van der Waals surface area contributed by atoms with E-state index in [0.29, 0.717) is 34.0 Å². The highest BCUT2D eigenvalue weighted by Gasteiger charge is 2.58. The van der Waals surface area contributed by atoms with Gasteiger partial charge in [0.05, 0.1) is 0 Å². The van der Waals surface area contributed by atoms with Crippen molar-refractivity contribution in [3.63, 3.8) is 0 Å². The lowest BCUT2D eigenvalue weighted by atomic mass is 9.68. The van der Waals surface area contributed by atoms with Crippen LogP contribution in [0.25, 0.3) is 0 Å². The molecule has 0 aromatic heterocycles. The van der Waals surface area contributed by atoms with Crippen LogP contribution in [0.15, 0.2) is 18.2 Å². The summed E-state index contributed by atoms with van der Waals surface area (Å²) in [6.45, 7) is 7.65. The van der Waals surface area contributed by atoms with E-state index in [1.807, 2.05) is 0 Å². The van der Waals surface area contributed by atoms with Crippen LogP contribution in [-0.4, -0.2) is 6.04 Å². The van der Waals surface area contributed by atoms with Gasteiger partial charge in [0, 0.05) is 23.2 Å². The molecule has 2 bridgehead atoms. The van der Waals surface area contributed by atoms with Crippen molar-refractivity contribution in [3.05, 3.63) is 34.6 Å². The minimum absolute atomic E-state index is 0.173. The van der Waals surface area contributed by atoms with Crippen LogP contribution in [0, 0.1) is 22.6 Å². The van der Waals surface area contributed by atoms with Crippen LogP contribution in [0.5, 0.6) is 0 Å². The molecule has 0 aliphatic heterocycles. The topological polar surface area (TPSA) is 12.0 Å². The summed E-state index contributed by atoms with van der Waals surface area (Å²) in [5.74, 6) is 0.627. The van der Waals surface area contributed by atoms with E-state index in [1.54, 1.807) is 12.1 Å². The molecule has 0 heterocycles. The Labute approximate surface area is 125 Å². The minimum atomic E-state index is -0.173. The first-order valence-electron chi connectivity index (χ1n) is 7.50. The molecule has 1 aromatic rings. The molecule has 2 aliphatic rings. The Bertz CT molecular complexity index is 523. The lowest BCUT2D eigenvalue weighted by Crippen LogP contribution is -2.50. The zero-order chi connectivity index (χ0) is 14.5. The second-order valence-corrected chi connectivity index (χ2v) is 7.90. The minimum Gasteiger partial charge on any atom is -0.309 e. The van der Waals surface area contributed by atoms with Crippen LogP contribution in [0.2, 0.25) is 5.02 Å². The van der Waals surface area contributed by atoms with Gasteiger partial charge in [-0.2, -0.15) is 0 Å². The van der Waals surface area contributed by atoms with Gasteiger partial charge in [0.2, 0.25) is 0 Å². The number of hydrogen-bond donors (Lipinski definition) is 1. The predicted molar refractivity (Wildman–Crippen MR) is 81.3 cm³/mol. The molecule has 110 valence electrons. The molecule has 1 nitrogen and oxygen atoms in total. The summed E-state index contributed by atoms with van der Waals surface area (Å²) >= 11 is 5.96. The van der Waals surface area contributed by atoms with Crippen molar-refractivity contribution in [2.24, 2.45) is 16.7 Å². The smallest absolute Gasteiger partial charge is 0.127 e. The number of benzene rings is 1. The third-order valence-electron chi connectivity index (χ3n) is 5.77. The van der Waals surface area contributed by atoms with Crippen molar-refractivity contribution >= 4 is 11.6 Å². The molecule has 1 N–H and O–H groups in total. The van der Waals surface area contributed by atoms with Crippen LogP contribution in [0.1, 0.15) is 45.6 Å². The maximum absolute atomic E-state index is 13.8. The number of nitrogens with one attached hydrogen (secondary N) is 1. The van der Waals surface area contributed by atoms with Gasteiger partial charge in [-0.1, -0.05) is 32.4 Å². The maximum atomic E-state index is 13.8. The summed E-state index contributed by atoms with van der Waals surface area (Å²) in [7, 11) is 0. The van der Waals surface area contributed by atoms with Crippen molar-refractivity contribution < 1.29 is 4.39 Å². The Hall–Kier alpha value is -0.600.